The van der Waals surface area contributed by atoms with Crippen LogP contribution in [0.2, 0.25) is 6.32 Å². The molecule has 0 fully saturated rings. The summed E-state index contributed by atoms with van der Waals surface area (Å²) >= 11 is 0. The molecule has 0 aliphatic heterocycles. The molecule has 2 rings (SSSR count). The molecule has 1 aliphatic carbocycles. The van der Waals surface area contributed by atoms with E-state index in [4.69, 9.17) is 14.6 Å². The van der Waals surface area contributed by atoms with Gasteiger partial charge >= 0.3 is 0 Å². The lowest BCUT2D eigenvalue weighted by molar-refractivity contribution is 0.0536. The van der Waals surface area contributed by atoms with Gasteiger partial charge in [0.05, 0.1) is 18.5 Å². The fourth-order valence-electron chi connectivity index (χ4n) is 2.98. The predicted molar refractivity (Wildman–Crippen MR) is 109 cm³/mol. The summed E-state index contributed by atoms with van der Waals surface area (Å²) in [5.74, 6) is 1.60. The van der Waals surface area contributed by atoms with Gasteiger partial charge in [-0.3, -0.25) is 0 Å². The molecule has 2 atom stereocenters. The van der Waals surface area contributed by atoms with E-state index in [9.17, 15) is 10.2 Å². The van der Waals surface area contributed by atoms with Crippen LogP contribution in [0.25, 0.3) is 0 Å². The summed E-state index contributed by atoms with van der Waals surface area (Å²) in [7, 11) is 1.94. The van der Waals surface area contributed by atoms with Gasteiger partial charge in [-0.1, -0.05) is 43.9 Å². The van der Waals surface area contributed by atoms with Gasteiger partial charge in [-0.15, -0.1) is 0 Å². The van der Waals surface area contributed by atoms with Gasteiger partial charge in [0.15, 0.2) is 0 Å². The van der Waals surface area contributed by atoms with Gasteiger partial charge in [0.1, 0.15) is 32.9 Å². The Labute approximate surface area is 162 Å². The van der Waals surface area contributed by atoms with Crippen LogP contribution >= 0.6 is 0 Å². The van der Waals surface area contributed by atoms with Gasteiger partial charge in [0.2, 0.25) is 0 Å². The molecule has 2 unspecified atom stereocenters. The highest BCUT2D eigenvalue weighted by Gasteiger charge is 2.27. The van der Waals surface area contributed by atoms with E-state index in [2.05, 4.69) is 19.9 Å². The zero-order valence-corrected chi connectivity index (χ0v) is 16.5. The fourth-order valence-corrected chi connectivity index (χ4v) is 2.98. The Bertz CT molecular complexity index is 651. The molecular weight excluding hydrogens is 343 g/mol. The lowest BCUT2D eigenvalue weighted by Crippen LogP contribution is -2.23. The molecular formula is C21H31BO5. The van der Waals surface area contributed by atoms with Gasteiger partial charge < -0.3 is 24.8 Å². The molecule has 1 aromatic rings. The Balaban J connectivity index is 2.00. The van der Waals surface area contributed by atoms with Crippen LogP contribution < -0.4 is 4.74 Å². The lowest BCUT2D eigenvalue weighted by atomic mass is 9.74. The quantitative estimate of drug-likeness (QED) is 0.544. The molecule has 0 bridgehead atoms. The van der Waals surface area contributed by atoms with E-state index in [1.807, 2.05) is 38.2 Å². The molecule has 0 saturated carbocycles. The second kappa shape index (κ2) is 9.97. The van der Waals surface area contributed by atoms with Crippen molar-refractivity contribution in [3.05, 3.63) is 53.3 Å². The van der Waals surface area contributed by atoms with Gasteiger partial charge in [-0.2, -0.15) is 0 Å². The summed E-state index contributed by atoms with van der Waals surface area (Å²) in [6, 6.07) is 7.85. The van der Waals surface area contributed by atoms with E-state index < -0.39 is 12.2 Å². The van der Waals surface area contributed by atoms with Crippen LogP contribution in [0.3, 0.4) is 0 Å². The molecule has 0 aromatic heterocycles. The third kappa shape index (κ3) is 6.13. The van der Waals surface area contributed by atoms with Gasteiger partial charge in [0.25, 0.3) is 0 Å². The molecule has 0 spiro atoms. The van der Waals surface area contributed by atoms with Crippen molar-refractivity contribution in [3.8, 4) is 5.75 Å². The number of allylic oxidation sites excluding steroid dienone is 4. The second-order valence-corrected chi connectivity index (χ2v) is 7.49. The summed E-state index contributed by atoms with van der Waals surface area (Å²) in [6.45, 7) is 4.51. The average molecular weight is 374 g/mol. The van der Waals surface area contributed by atoms with Crippen molar-refractivity contribution in [2.45, 2.75) is 50.6 Å². The number of aliphatic hydroxyl groups excluding tert-OH is 3. The minimum absolute atomic E-state index is 0.0741. The number of rotatable bonds is 10. The highest BCUT2D eigenvalue weighted by atomic mass is 16.5. The Morgan fingerprint density at radius 1 is 1.00 bits per heavy atom. The van der Waals surface area contributed by atoms with Crippen molar-refractivity contribution >= 4 is 7.85 Å². The van der Waals surface area contributed by atoms with E-state index >= 15 is 0 Å². The summed E-state index contributed by atoms with van der Waals surface area (Å²) in [5.41, 5.74) is 2.40. The third-order valence-corrected chi connectivity index (χ3v) is 5.08. The van der Waals surface area contributed by atoms with Crippen molar-refractivity contribution in [2.24, 2.45) is 0 Å². The Kier molecular flexibility index (Phi) is 7.96. The maximum atomic E-state index is 9.62. The van der Waals surface area contributed by atoms with E-state index in [0.29, 0.717) is 18.7 Å². The zero-order valence-electron chi connectivity index (χ0n) is 16.5. The van der Waals surface area contributed by atoms with Crippen LogP contribution in [-0.2, 0) is 10.2 Å². The minimum Gasteiger partial charge on any atom is -0.495 e. The highest BCUT2D eigenvalue weighted by molar-refractivity contribution is 6.08. The number of benzene rings is 1. The van der Waals surface area contributed by atoms with Crippen molar-refractivity contribution in [3.63, 3.8) is 0 Å². The third-order valence-electron chi connectivity index (χ3n) is 5.08. The number of aliphatic hydroxyl groups is 3. The van der Waals surface area contributed by atoms with Crippen LogP contribution in [0.15, 0.2) is 47.7 Å². The standard InChI is InChI=1S/C21H31BO5/c1-21(2,15-3-7-19(8-4-15)26-13-17(24)11-22)16-5-9-20(10-6-16)27-14-18(25)12-23/h3,5-7,9-10,17-18,23-25H,4,8,11-14,22H2,1-2H3. The van der Waals surface area contributed by atoms with Crippen molar-refractivity contribution < 1.29 is 24.8 Å². The molecule has 0 saturated heterocycles. The zero-order chi connectivity index (χ0) is 19.9. The summed E-state index contributed by atoms with van der Waals surface area (Å²) in [4.78, 5) is 0. The fraction of sp³-hybridized carbons (Fsp3) is 0.524. The van der Waals surface area contributed by atoms with Crippen molar-refractivity contribution in [1.29, 1.82) is 0 Å². The van der Waals surface area contributed by atoms with Gasteiger partial charge in [0, 0.05) is 11.8 Å². The van der Waals surface area contributed by atoms with Crippen LogP contribution in [-0.4, -0.2) is 55.2 Å². The molecule has 5 nitrogen and oxygen atoms in total. The van der Waals surface area contributed by atoms with Crippen molar-refractivity contribution in [2.75, 3.05) is 19.8 Å². The average Bonchev–Trinajstić information content (AvgIpc) is 2.70. The largest absolute Gasteiger partial charge is 0.495 e. The van der Waals surface area contributed by atoms with E-state index in [-0.39, 0.29) is 18.6 Å². The molecule has 0 amide bonds. The van der Waals surface area contributed by atoms with Gasteiger partial charge in [-0.25, -0.2) is 0 Å². The summed E-state index contributed by atoms with van der Waals surface area (Å²) in [6.07, 6.45) is 5.31. The molecule has 0 heterocycles. The number of hydrogen-bond acceptors (Lipinski definition) is 5. The van der Waals surface area contributed by atoms with E-state index in [1.54, 1.807) is 0 Å². The number of ether oxygens (including phenoxy) is 2. The van der Waals surface area contributed by atoms with E-state index in [1.165, 1.54) is 11.1 Å². The Morgan fingerprint density at radius 3 is 2.22 bits per heavy atom. The van der Waals surface area contributed by atoms with Crippen LogP contribution in [0, 0.1) is 0 Å². The topological polar surface area (TPSA) is 79.2 Å². The maximum Gasteiger partial charge on any atom is 0.119 e. The van der Waals surface area contributed by atoms with Crippen molar-refractivity contribution in [1.82, 2.24) is 0 Å². The monoisotopic (exact) mass is 374 g/mol. The highest BCUT2D eigenvalue weighted by Crippen LogP contribution is 2.37. The predicted octanol–water partition coefficient (Wildman–Crippen LogP) is 1.73. The molecule has 0 radical (unpaired) electrons. The SMILES string of the molecule is BCC(O)COC1=CC=C(C(C)(C)c2ccc(OCC(O)CO)cc2)CC1. The molecule has 1 aliphatic rings. The smallest absolute Gasteiger partial charge is 0.119 e. The second-order valence-electron chi connectivity index (χ2n) is 7.49. The number of hydrogen-bond donors (Lipinski definition) is 3. The minimum atomic E-state index is -0.866. The Hall–Kier alpha value is -1.76. The molecule has 6 heteroatoms. The first-order valence-electron chi connectivity index (χ1n) is 9.60. The first kappa shape index (κ1) is 21.5. The van der Waals surface area contributed by atoms with E-state index in [0.717, 1.165) is 18.6 Å². The first-order chi connectivity index (χ1) is 12.9. The maximum absolute atomic E-state index is 9.62. The molecule has 1 aromatic carbocycles. The van der Waals surface area contributed by atoms with Gasteiger partial charge in [-0.05, 0) is 30.2 Å². The molecule has 148 valence electrons. The summed E-state index contributed by atoms with van der Waals surface area (Å²) in [5, 5.41) is 27.8. The van der Waals surface area contributed by atoms with Crippen LogP contribution in [0.5, 0.6) is 5.75 Å². The first-order valence-corrected chi connectivity index (χ1v) is 9.60. The molecule has 27 heavy (non-hydrogen) atoms. The van der Waals surface area contributed by atoms with Crippen LogP contribution in [0.4, 0.5) is 0 Å². The van der Waals surface area contributed by atoms with Crippen LogP contribution in [0.1, 0.15) is 32.3 Å². The lowest BCUT2D eigenvalue weighted by Gasteiger charge is -2.31. The Morgan fingerprint density at radius 2 is 1.67 bits per heavy atom. The normalized spacial score (nSPS) is 16.9. The molecule has 3 N–H and O–H groups in total. The summed E-state index contributed by atoms with van der Waals surface area (Å²) < 4.78 is 11.2.